The van der Waals surface area contributed by atoms with E-state index in [9.17, 15) is 4.79 Å². The summed E-state index contributed by atoms with van der Waals surface area (Å²) in [5.41, 5.74) is 0.0460. The Kier molecular flexibility index (Phi) is 4.43. The van der Waals surface area contributed by atoms with Crippen LogP contribution in [0.1, 0.15) is 18.1 Å². The van der Waals surface area contributed by atoms with E-state index in [-0.39, 0.29) is 0 Å². The first-order chi connectivity index (χ1) is 7.15. The second-order valence-electron chi connectivity index (χ2n) is 3.12. The quantitative estimate of drug-likeness (QED) is 0.743. The first-order valence-corrected chi connectivity index (χ1v) is 5.19. The minimum Gasteiger partial charge on any atom is -0.425 e. The Bertz CT molecular complexity index is 316. The number of alkyl halides is 1. The molecule has 1 atom stereocenters. The lowest BCUT2D eigenvalue weighted by molar-refractivity contribution is 0.100. The van der Waals surface area contributed by atoms with E-state index in [1.54, 1.807) is 7.05 Å². The van der Waals surface area contributed by atoms with Gasteiger partial charge in [0.2, 0.25) is 5.56 Å². The first-order valence-electron chi connectivity index (χ1n) is 4.76. The van der Waals surface area contributed by atoms with Gasteiger partial charge in [0.1, 0.15) is 0 Å². The number of hydrogen-bond acceptors (Lipinski definition) is 2. The van der Waals surface area contributed by atoms with Crippen molar-refractivity contribution in [1.82, 2.24) is 4.90 Å². The zero-order valence-corrected chi connectivity index (χ0v) is 9.57. The van der Waals surface area contributed by atoms with Gasteiger partial charge in [-0.05, 0) is 6.92 Å². The third-order valence-corrected chi connectivity index (χ3v) is 2.39. The minimum atomic E-state index is -0.729. The number of benzene rings is 1. The molecule has 4 heteroatoms. The van der Waals surface area contributed by atoms with Crippen molar-refractivity contribution in [2.75, 3.05) is 13.6 Å². The molecule has 0 saturated carbocycles. The lowest BCUT2D eigenvalue weighted by Gasteiger charge is -2.17. The van der Waals surface area contributed by atoms with E-state index in [1.807, 2.05) is 37.3 Å². The van der Waals surface area contributed by atoms with Crippen LogP contribution in [0.25, 0.3) is 0 Å². The van der Waals surface area contributed by atoms with Crippen LogP contribution >= 0.6 is 11.6 Å². The van der Waals surface area contributed by atoms with Crippen LogP contribution in [-0.4, -0.2) is 24.6 Å². The molecule has 0 aliphatic carbocycles. The van der Waals surface area contributed by atoms with Crippen LogP contribution in [0.15, 0.2) is 30.3 Å². The van der Waals surface area contributed by atoms with Gasteiger partial charge in [-0.15, -0.1) is 0 Å². The van der Waals surface area contributed by atoms with Crippen LogP contribution in [-0.2, 0) is 4.74 Å². The summed E-state index contributed by atoms with van der Waals surface area (Å²) in [5, 5.41) is 0. The Morgan fingerprint density at radius 1 is 1.47 bits per heavy atom. The van der Waals surface area contributed by atoms with Crippen molar-refractivity contribution >= 4 is 17.7 Å². The molecular formula is C11H14ClNO2. The fraction of sp³-hybridized carbons (Fsp3) is 0.364. The molecule has 3 nitrogen and oxygen atoms in total. The maximum absolute atomic E-state index is 11.4. The standard InChI is InChI=1S/C11H14ClNO2/c1-3-13(2)11(14)15-10(12)9-7-5-4-6-8-9/h4-8,10H,3H2,1-2H3. The van der Waals surface area contributed by atoms with Gasteiger partial charge < -0.3 is 9.64 Å². The van der Waals surface area contributed by atoms with Crippen molar-refractivity contribution in [3.8, 4) is 0 Å². The molecule has 0 radical (unpaired) electrons. The van der Waals surface area contributed by atoms with Gasteiger partial charge in [0.15, 0.2) is 0 Å². The lowest BCUT2D eigenvalue weighted by Crippen LogP contribution is -2.27. The highest BCUT2D eigenvalue weighted by molar-refractivity contribution is 6.20. The maximum Gasteiger partial charge on any atom is 0.411 e. The predicted octanol–water partition coefficient (Wildman–Crippen LogP) is 3.01. The molecule has 0 bridgehead atoms. The van der Waals surface area contributed by atoms with E-state index in [0.29, 0.717) is 6.54 Å². The largest absolute Gasteiger partial charge is 0.425 e. The second-order valence-corrected chi connectivity index (χ2v) is 3.52. The smallest absolute Gasteiger partial charge is 0.411 e. The van der Waals surface area contributed by atoms with Crippen molar-refractivity contribution in [3.05, 3.63) is 35.9 Å². The molecule has 82 valence electrons. The van der Waals surface area contributed by atoms with Crippen LogP contribution in [0, 0.1) is 0 Å². The zero-order chi connectivity index (χ0) is 11.3. The normalized spacial score (nSPS) is 11.9. The number of ether oxygens (including phenoxy) is 1. The zero-order valence-electron chi connectivity index (χ0n) is 8.81. The van der Waals surface area contributed by atoms with E-state index in [4.69, 9.17) is 16.3 Å². The molecule has 0 aromatic heterocycles. The third kappa shape index (κ3) is 3.44. The summed E-state index contributed by atoms with van der Waals surface area (Å²) in [6, 6.07) is 9.21. The predicted molar refractivity (Wildman–Crippen MR) is 59.8 cm³/mol. The Morgan fingerprint density at radius 2 is 2.07 bits per heavy atom. The molecule has 0 aliphatic rings. The molecule has 1 amide bonds. The number of amides is 1. The van der Waals surface area contributed by atoms with Gasteiger partial charge >= 0.3 is 6.09 Å². The molecule has 1 rings (SSSR count). The highest BCUT2D eigenvalue weighted by atomic mass is 35.5. The lowest BCUT2D eigenvalue weighted by atomic mass is 10.2. The third-order valence-electron chi connectivity index (χ3n) is 2.05. The average Bonchev–Trinajstić information content (AvgIpc) is 2.29. The SMILES string of the molecule is CCN(C)C(=O)OC(Cl)c1ccccc1. The topological polar surface area (TPSA) is 29.5 Å². The fourth-order valence-corrected chi connectivity index (χ4v) is 1.20. The Morgan fingerprint density at radius 3 is 2.60 bits per heavy atom. The van der Waals surface area contributed by atoms with Gasteiger partial charge in [-0.3, -0.25) is 0 Å². The van der Waals surface area contributed by atoms with E-state index in [2.05, 4.69) is 0 Å². The van der Waals surface area contributed by atoms with Crippen molar-refractivity contribution < 1.29 is 9.53 Å². The van der Waals surface area contributed by atoms with Crippen molar-refractivity contribution in [1.29, 1.82) is 0 Å². The van der Waals surface area contributed by atoms with E-state index in [1.165, 1.54) is 4.90 Å². The highest BCUT2D eigenvalue weighted by Gasteiger charge is 2.15. The van der Waals surface area contributed by atoms with Gasteiger partial charge in [0.25, 0.3) is 0 Å². The molecule has 1 aromatic rings. The average molecular weight is 228 g/mol. The summed E-state index contributed by atoms with van der Waals surface area (Å²) in [7, 11) is 1.66. The molecule has 0 saturated heterocycles. The summed E-state index contributed by atoms with van der Waals surface area (Å²) in [6.07, 6.45) is -0.415. The number of carbonyl (C=O) groups is 1. The summed E-state index contributed by atoms with van der Waals surface area (Å²) in [6.45, 7) is 2.46. The molecule has 0 spiro atoms. The first kappa shape index (κ1) is 11.9. The molecule has 1 aromatic carbocycles. The van der Waals surface area contributed by atoms with E-state index in [0.717, 1.165) is 5.56 Å². The van der Waals surface area contributed by atoms with Gasteiger partial charge in [0, 0.05) is 19.2 Å². The van der Waals surface area contributed by atoms with Crippen LogP contribution in [0.4, 0.5) is 4.79 Å². The van der Waals surface area contributed by atoms with Gasteiger partial charge in [-0.25, -0.2) is 4.79 Å². The summed E-state index contributed by atoms with van der Waals surface area (Å²) >= 11 is 5.93. The van der Waals surface area contributed by atoms with Crippen molar-refractivity contribution in [2.45, 2.75) is 12.5 Å². The number of nitrogens with zero attached hydrogens (tertiary/aromatic N) is 1. The molecule has 15 heavy (non-hydrogen) atoms. The minimum absolute atomic E-state index is 0.415. The van der Waals surface area contributed by atoms with Gasteiger partial charge in [0.05, 0.1) is 0 Å². The number of rotatable bonds is 3. The van der Waals surface area contributed by atoms with Crippen LogP contribution in [0.5, 0.6) is 0 Å². The monoisotopic (exact) mass is 227 g/mol. The number of halogens is 1. The maximum atomic E-state index is 11.4. The van der Waals surface area contributed by atoms with Gasteiger partial charge in [-0.1, -0.05) is 41.9 Å². The number of hydrogen-bond donors (Lipinski definition) is 0. The Labute approximate surface area is 94.6 Å². The highest BCUT2D eigenvalue weighted by Crippen LogP contribution is 2.21. The molecule has 0 N–H and O–H groups in total. The van der Waals surface area contributed by atoms with Gasteiger partial charge in [-0.2, -0.15) is 0 Å². The van der Waals surface area contributed by atoms with Crippen molar-refractivity contribution in [2.24, 2.45) is 0 Å². The van der Waals surface area contributed by atoms with E-state index < -0.39 is 11.7 Å². The Balaban J connectivity index is 2.56. The van der Waals surface area contributed by atoms with Crippen LogP contribution < -0.4 is 0 Å². The molecule has 1 unspecified atom stereocenters. The molecular weight excluding hydrogens is 214 g/mol. The Hall–Kier alpha value is -1.22. The molecule has 0 aliphatic heterocycles. The molecule has 0 heterocycles. The van der Waals surface area contributed by atoms with E-state index >= 15 is 0 Å². The fourth-order valence-electron chi connectivity index (χ4n) is 0.980. The van der Waals surface area contributed by atoms with Crippen LogP contribution in [0.3, 0.4) is 0 Å². The summed E-state index contributed by atoms with van der Waals surface area (Å²) < 4.78 is 5.04. The van der Waals surface area contributed by atoms with Crippen molar-refractivity contribution in [3.63, 3.8) is 0 Å². The second kappa shape index (κ2) is 5.61. The summed E-state index contributed by atoms with van der Waals surface area (Å²) in [5.74, 6) is 0. The number of carbonyl (C=O) groups excluding carboxylic acids is 1. The van der Waals surface area contributed by atoms with Crippen LogP contribution in [0.2, 0.25) is 0 Å². The molecule has 0 fully saturated rings. The summed E-state index contributed by atoms with van der Waals surface area (Å²) in [4.78, 5) is 12.8.